The Hall–Kier alpha value is -2.34. The van der Waals surface area contributed by atoms with Crippen molar-refractivity contribution in [1.29, 1.82) is 0 Å². The van der Waals surface area contributed by atoms with Gasteiger partial charge in [-0.05, 0) is 31.2 Å². The molecular formula is C14H12N2O3S. The van der Waals surface area contributed by atoms with Crippen LogP contribution in [0.3, 0.4) is 0 Å². The minimum Gasteiger partial charge on any atom is -0.453 e. The van der Waals surface area contributed by atoms with Gasteiger partial charge in [0.25, 0.3) is 0 Å². The maximum absolute atomic E-state index is 11.9. The van der Waals surface area contributed by atoms with Gasteiger partial charge >= 0.3 is 5.97 Å². The number of nitrogen functional groups attached to an aromatic ring is 1. The molecule has 0 fully saturated rings. The van der Waals surface area contributed by atoms with Crippen LogP contribution in [0.4, 0.5) is 5.69 Å². The predicted molar refractivity (Wildman–Crippen MR) is 76.6 cm³/mol. The first-order chi connectivity index (χ1) is 9.61. The van der Waals surface area contributed by atoms with E-state index in [-0.39, 0.29) is 12.4 Å². The number of carbonyl (C=O) groups excluding carboxylic acids is 1. The molecule has 6 heteroatoms. The Morgan fingerprint density at radius 2 is 2.30 bits per heavy atom. The van der Waals surface area contributed by atoms with Crippen LogP contribution >= 0.6 is 11.3 Å². The number of esters is 1. The van der Waals surface area contributed by atoms with Gasteiger partial charge in [0.05, 0.1) is 10.7 Å². The van der Waals surface area contributed by atoms with Crippen molar-refractivity contribution < 1.29 is 13.9 Å². The van der Waals surface area contributed by atoms with E-state index in [9.17, 15) is 4.79 Å². The molecule has 0 aliphatic carbocycles. The van der Waals surface area contributed by atoms with Crippen molar-refractivity contribution in [2.45, 2.75) is 13.5 Å². The number of benzene rings is 1. The Bertz CT molecular complexity index is 776. The van der Waals surface area contributed by atoms with E-state index < -0.39 is 5.97 Å². The highest BCUT2D eigenvalue weighted by Gasteiger charge is 2.14. The largest absolute Gasteiger partial charge is 0.453 e. The average molecular weight is 288 g/mol. The molecule has 0 aliphatic rings. The quantitative estimate of drug-likeness (QED) is 0.591. The van der Waals surface area contributed by atoms with Gasteiger partial charge in [-0.25, -0.2) is 9.78 Å². The fourth-order valence-corrected chi connectivity index (χ4v) is 2.44. The second kappa shape index (κ2) is 4.97. The maximum Gasteiger partial charge on any atom is 0.374 e. The van der Waals surface area contributed by atoms with E-state index in [1.165, 1.54) is 11.3 Å². The zero-order valence-corrected chi connectivity index (χ0v) is 11.6. The van der Waals surface area contributed by atoms with Gasteiger partial charge in [0, 0.05) is 16.5 Å². The Morgan fingerprint density at radius 1 is 1.45 bits per heavy atom. The molecule has 0 unspecified atom stereocenters. The number of hydrogen-bond donors (Lipinski definition) is 1. The lowest BCUT2D eigenvalue weighted by Crippen LogP contribution is -2.04. The van der Waals surface area contributed by atoms with Crippen molar-refractivity contribution in [1.82, 2.24) is 4.98 Å². The van der Waals surface area contributed by atoms with Crippen LogP contribution in [0, 0.1) is 6.92 Å². The van der Waals surface area contributed by atoms with Crippen molar-refractivity contribution in [2.24, 2.45) is 0 Å². The summed E-state index contributed by atoms with van der Waals surface area (Å²) in [6, 6.07) is 6.82. The van der Waals surface area contributed by atoms with Crippen molar-refractivity contribution >= 4 is 34.0 Å². The molecule has 2 heterocycles. The molecule has 0 saturated carbocycles. The van der Waals surface area contributed by atoms with Crippen LogP contribution in [-0.2, 0) is 11.3 Å². The molecular weight excluding hydrogens is 276 g/mol. The number of furan rings is 1. The zero-order valence-electron chi connectivity index (χ0n) is 10.8. The third-order valence-corrected chi connectivity index (χ3v) is 3.58. The van der Waals surface area contributed by atoms with Crippen LogP contribution in [0.5, 0.6) is 0 Å². The molecule has 0 saturated heterocycles. The summed E-state index contributed by atoms with van der Waals surface area (Å²) in [4.78, 5) is 16.1. The highest BCUT2D eigenvalue weighted by molar-refractivity contribution is 7.09. The molecule has 2 N–H and O–H groups in total. The first kappa shape index (κ1) is 12.7. The first-order valence-electron chi connectivity index (χ1n) is 5.99. The standard InChI is InChI=1S/C14H12N2O3S/c1-8-16-11(7-20-8)6-18-14(17)13-5-9-4-10(15)2-3-12(9)19-13/h2-5,7H,6,15H2,1H3. The molecule has 0 bridgehead atoms. The van der Waals surface area contributed by atoms with E-state index >= 15 is 0 Å². The summed E-state index contributed by atoms with van der Waals surface area (Å²) in [5, 5.41) is 3.58. The van der Waals surface area contributed by atoms with Gasteiger partial charge in [0.15, 0.2) is 0 Å². The van der Waals surface area contributed by atoms with Crippen molar-refractivity contribution in [3.63, 3.8) is 0 Å². The third kappa shape index (κ3) is 2.50. The number of hydrogen-bond acceptors (Lipinski definition) is 6. The Morgan fingerprint density at radius 3 is 3.05 bits per heavy atom. The van der Waals surface area contributed by atoms with E-state index in [2.05, 4.69) is 4.98 Å². The van der Waals surface area contributed by atoms with Crippen LogP contribution in [-0.4, -0.2) is 11.0 Å². The van der Waals surface area contributed by atoms with Gasteiger partial charge < -0.3 is 14.9 Å². The molecule has 3 rings (SSSR count). The van der Waals surface area contributed by atoms with Crippen LogP contribution < -0.4 is 5.73 Å². The molecule has 3 aromatic rings. The van der Waals surface area contributed by atoms with E-state index in [4.69, 9.17) is 14.9 Å². The fourth-order valence-electron chi connectivity index (χ4n) is 1.85. The van der Waals surface area contributed by atoms with Gasteiger partial charge in [-0.3, -0.25) is 0 Å². The molecule has 102 valence electrons. The zero-order chi connectivity index (χ0) is 14.1. The highest BCUT2D eigenvalue weighted by Crippen LogP contribution is 2.22. The minimum atomic E-state index is -0.509. The summed E-state index contributed by atoms with van der Waals surface area (Å²) in [6.07, 6.45) is 0. The van der Waals surface area contributed by atoms with Gasteiger partial charge in [-0.1, -0.05) is 0 Å². The third-order valence-electron chi connectivity index (χ3n) is 2.76. The number of ether oxygens (including phenoxy) is 1. The van der Waals surface area contributed by atoms with Crippen molar-refractivity contribution in [3.8, 4) is 0 Å². The summed E-state index contributed by atoms with van der Waals surface area (Å²) < 4.78 is 10.6. The van der Waals surface area contributed by atoms with E-state index in [0.717, 1.165) is 16.1 Å². The summed E-state index contributed by atoms with van der Waals surface area (Å²) in [6.45, 7) is 2.04. The molecule has 0 atom stereocenters. The normalized spacial score (nSPS) is 10.8. The summed E-state index contributed by atoms with van der Waals surface area (Å²) in [7, 11) is 0. The van der Waals surface area contributed by atoms with Crippen molar-refractivity contribution in [3.05, 3.63) is 46.1 Å². The maximum atomic E-state index is 11.9. The van der Waals surface area contributed by atoms with Gasteiger partial charge in [0.2, 0.25) is 5.76 Å². The number of rotatable bonds is 3. The van der Waals surface area contributed by atoms with Crippen LogP contribution in [0.1, 0.15) is 21.3 Å². The first-order valence-corrected chi connectivity index (χ1v) is 6.87. The van der Waals surface area contributed by atoms with Crippen LogP contribution in [0.25, 0.3) is 11.0 Å². The second-order valence-electron chi connectivity index (χ2n) is 4.34. The summed E-state index contributed by atoms with van der Waals surface area (Å²) in [5.41, 5.74) is 7.65. The second-order valence-corrected chi connectivity index (χ2v) is 5.40. The topological polar surface area (TPSA) is 78.3 Å². The number of nitrogens with zero attached hydrogens (tertiary/aromatic N) is 1. The fraction of sp³-hybridized carbons (Fsp3) is 0.143. The number of aromatic nitrogens is 1. The lowest BCUT2D eigenvalue weighted by molar-refractivity contribution is 0.0434. The Balaban J connectivity index is 1.75. The minimum absolute atomic E-state index is 0.141. The van der Waals surface area contributed by atoms with Crippen LogP contribution in [0.15, 0.2) is 34.1 Å². The molecule has 2 aromatic heterocycles. The molecule has 0 amide bonds. The smallest absolute Gasteiger partial charge is 0.374 e. The molecule has 0 aliphatic heterocycles. The van der Waals surface area contributed by atoms with Gasteiger partial charge in [-0.2, -0.15) is 0 Å². The number of aryl methyl sites for hydroxylation is 1. The number of thiazole rings is 1. The van der Waals surface area contributed by atoms with Gasteiger partial charge in [-0.15, -0.1) is 11.3 Å². The number of carbonyl (C=O) groups is 1. The Labute approximate surface area is 119 Å². The molecule has 5 nitrogen and oxygen atoms in total. The molecule has 0 radical (unpaired) electrons. The van der Waals surface area contributed by atoms with E-state index in [1.54, 1.807) is 24.3 Å². The molecule has 20 heavy (non-hydrogen) atoms. The monoisotopic (exact) mass is 288 g/mol. The predicted octanol–water partition coefficient (Wildman–Crippen LogP) is 3.14. The van der Waals surface area contributed by atoms with Gasteiger partial charge in [0.1, 0.15) is 12.2 Å². The van der Waals surface area contributed by atoms with Crippen molar-refractivity contribution in [2.75, 3.05) is 5.73 Å². The number of fused-ring (bicyclic) bond motifs is 1. The number of nitrogens with two attached hydrogens (primary N) is 1. The Kier molecular flexibility index (Phi) is 3.15. The van der Waals surface area contributed by atoms with E-state index in [0.29, 0.717) is 11.3 Å². The average Bonchev–Trinajstić information content (AvgIpc) is 3.01. The summed E-state index contributed by atoms with van der Waals surface area (Å²) in [5.74, 6) is -0.344. The van der Waals surface area contributed by atoms with Crippen LogP contribution in [0.2, 0.25) is 0 Å². The summed E-state index contributed by atoms with van der Waals surface area (Å²) >= 11 is 1.52. The van der Waals surface area contributed by atoms with E-state index in [1.807, 2.05) is 12.3 Å². The highest BCUT2D eigenvalue weighted by atomic mass is 32.1. The molecule has 1 aromatic carbocycles. The lowest BCUT2D eigenvalue weighted by Gasteiger charge is -1.99. The SMILES string of the molecule is Cc1nc(COC(=O)c2cc3cc(N)ccc3o2)cs1. The number of anilines is 1. The molecule has 0 spiro atoms. The lowest BCUT2D eigenvalue weighted by atomic mass is 10.2.